The molecule has 2 aliphatic rings. The number of aliphatic hydroxyl groups excluding tert-OH is 1. The summed E-state index contributed by atoms with van der Waals surface area (Å²) in [6.07, 6.45) is 9.00. The summed E-state index contributed by atoms with van der Waals surface area (Å²) in [7, 11) is 0. The van der Waals surface area contributed by atoms with Crippen LogP contribution in [-0.2, 0) is 0 Å². The second kappa shape index (κ2) is 6.76. The first-order chi connectivity index (χ1) is 9.55. The van der Waals surface area contributed by atoms with E-state index in [1.54, 1.807) is 0 Å². The molecule has 1 aliphatic heterocycles. The van der Waals surface area contributed by atoms with Crippen LogP contribution in [0.5, 0.6) is 0 Å². The predicted octanol–water partition coefficient (Wildman–Crippen LogP) is 2.78. The maximum Gasteiger partial charge on any atom is 0.0611 e. The Morgan fingerprint density at radius 3 is 2.25 bits per heavy atom. The summed E-state index contributed by atoms with van der Waals surface area (Å²) in [5.74, 6) is 0. The number of nitrogens with one attached hydrogen (secondary N) is 1. The Bertz CT molecular complexity index is 289. The highest BCUT2D eigenvalue weighted by Crippen LogP contribution is 2.38. The van der Waals surface area contributed by atoms with Crippen LogP contribution in [0.1, 0.15) is 65.7 Å². The fourth-order valence-electron chi connectivity index (χ4n) is 3.53. The normalized spacial score (nSPS) is 26.4. The van der Waals surface area contributed by atoms with Crippen molar-refractivity contribution in [2.75, 3.05) is 26.2 Å². The van der Waals surface area contributed by atoms with Gasteiger partial charge in [-0.15, -0.1) is 0 Å². The highest BCUT2D eigenvalue weighted by molar-refractivity contribution is 4.93. The van der Waals surface area contributed by atoms with Crippen LogP contribution < -0.4 is 5.32 Å². The Morgan fingerprint density at radius 2 is 1.80 bits per heavy atom. The van der Waals surface area contributed by atoms with Crippen molar-refractivity contribution in [2.24, 2.45) is 5.41 Å². The molecule has 0 aromatic heterocycles. The van der Waals surface area contributed by atoms with Gasteiger partial charge in [0.1, 0.15) is 0 Å². The Morgan fingerprint density at radius 1 is 1.20 bits per heavy atom. The topological polar surface area (TPSA) is 35.5 Å². The SMILES string of the molecule is CCC1(CC)CCN(CCC(C)(CO)NC2CC2)CC1. The molecule has 2 rings (SSSR count). The summed E-state index contributed by atoms with van der Waals surface area (Å²) >= 11 is 0. The van der Waals surface area contributed by atoms with Crippen LogP contribution in [0.3, 0.4) is 0 Å². The van der Waals surface area contributed by atoms with Crippen LogP contribution >= 0.6 is 0 Å². The zero-order chi connectivity index (χ0) is 14.6. The van der Waals surface area contributed by atoms with E-state index in [-0.39, 0.29) is 12.1 Å². The summed E-state index contributed by atoms with van der Waals surface area (Å²) < 4.78 is 0. The van der Waals surface area contributed by atoms with Gasteiger partial charge in [0.2, 0.25) is 0 Å². The van der Waals surface area contributed by atoms with Gasteiger partial charge in [0.05, 0.1) is 6.61 Å². The van der Waals surface area contributed by atoms with Crippen molar-refractivity contribution in [2.45, 2.75) is 77.3 Å². The highest BCUT2D eigenvalue weighted by Gasteiger charge is 2.34. The lowest BCUT2D eigenvalue weighted by atomic mass is 9.74. The van der Waals surface area contributed by atoms with E-state index in [1.807, 2.05) is 0 Å². The molecule has 3 nitrogen and oxygen atoms in total. The largest absolute Gasteiger partial charge is 0.394 e. The number of hydrogen-bond donors (Lipinski definition) is 2. The van der Waals surface area contributed by atoms with E-state index in [2.05, 4.69) is 31.0 Å². The van der Waals surface area contributed by atoms with Gasteiger partial charge in [-0.2, -0.15) is 0 Å². The molecule has 1 atom stereocenters. The third-order valence-corrected chi connectivity index (χ3v) is 5.88. The summed E-state index contributed by atoms with van der Waals surface area (Å²) in [5.41, 5.74) is 0.536. The van der Waals surface area contributed by atoms with Crippen molar-refractivity contribution < 1.29 is 5.11 Å². The molecule has 0 bridgehead atoms. The molecule has 1 saturated carbocycles. The highest BCUT2D eigenvalue weighted by atomic mass is 16.3. The van der Waals surface area contributed by atoms with Gasteiger partial charge >= 0.3 is 0 Å². The van der Waals surface area contributed by atoms with E-state index in [0.717, 1.165) is 13.0 Å². The number of aliphatic hydroxyl groups is 1. The van der Waals surface area contributed by atoms with E-state index < -0.39 is 0 Å². The smallest absolute Gasteiger partial charge is 0.0611 e. The lowest BCUT2D eigenvalue weighted by Crippen LogP contribution is -2.50. The molecule has 0 amide bonds. The number of nitrogens with zero attached hydrogens (tertiary/aromatic N) is 1. The molecule has 1 aliphatic carbocycles. The third kappa shape index (κ3) is 4.19. The molecule has 2 fully saturated rings. The minimum absolute atomic E-state index is 0.0782. The standard InChI is InChI=1S/C17H34N2O/c1-4-17(5-2)9-12-19(13-10-17)11-8-16(3,14-20)18-15-6-7-15/h15,18,20H,4-14H2,1-3H3. The molecule has 1 heterocycles. The first kappa shape index (κ1) is 16.3. The summed E-state index contributed by atoms with van der Waals surface area (Å²) in [5, 5.41) is 13.3. The average molecular weight is 282 g/mol. The van der Waals surface area contributed by atoms with Gasteiger partial charge in [0.15, 0.2) is 0 Å². The second-order valence-corrected chi connectivity index (χ2v) is 7.44. The molecule has 0 radical (unpaired) electrons. The number of likely N-dealkylation sites (tertiary alicyclic amines) is 1. The predicted molar refractivity (Wildman–Crippen MR) is 85.0 cm³/mol. The fraction of sp³-hybridized carbons (Fsp3) is 1.00. The van der Waals surface area contributed by atoms with Gasteiger partial charge in [-0.1, -0.05) is 26.7 Å². The molecular weight excluding hydrogens is 248 g/mol. The first-order valence-electron chi connectivity index (χ1n) is 8.66. The van der Waals surface area contributed by atoms with Gasteiger partial charge in [-0.3, -0.25) is 0 Å². The number of rotatable bonds is 8. The van der Waals surface area contributed by atoms with E-state index >= 15 is 0 Å². The van der Waals surface area contributed by atoms with E-state index in [4.69, 9.17) is 0 Å². The van der Waals surface area contributed by atoms with Crippen molar-refractivity contribution in [3.63, 3.8) is 0 Å². The minimum Gasteiger partial charge on any atom is -0.394 e. The van der Waals surface area contributed by atoms with Crippen LogP contribution in [0.15, 0.2) is 0 Å². The molecule has 0 spiro atoms. The van der Waals surface area contributed by atoms with E-state index in [1.165, 1.54) is 51.6 Å². The van der Waals surface area contributed by atoms with Crippen molar-refractivity contribution in [3.8, 4) is 0 Å². The number of piperidine rings is 1. The molecule has 20 heavy (non-hydrogen) atoms. The monoisotopic (exact) mass is 282 g/mol. The molecule has 0 aromatic carbocycles. The van der Waals surface area contributed by atoms with Crippen molar-refractivity contribution in [1.29, 1.82) is 0 Å². The van der Waals surface area contributed by atoms with Crippen LogP contribution in [0, 0.1) is 5.41 Å². The van der Waals surface area contributed by atoms with Crippen LogP contribution in [-0.4, -0.2) is 47.8 Å². The quantitative estimate of drug-likeness (QED) is 0.718. The molecule has 118 valence electrons. The van der Waals surface area contributed by atoms with Gasteiger partial charge in [0, 0.05) is 11.6 Å². The Kier molecular flexibility index (Phi) is 5.49. The first-order valence-corrected chi connectivity index (χ1v) is 8.66. The van der Waals surface area contributed by atoms with Crippen LogP contribution in [0.2, 0.25) is 0 Å². The second-order valence-electron chi connectivity index (χ2n) is 7.44. The van der Waals surface area contributed by atoms with Crippen LogP contribution in [0.25, 0.3) is 0 Å². The van der Waals surface area contributed by atoms with E-state index in [9.17, 15) is 5.11 Å². The van der Waals surface area contributed by atoms with E-state index in [0.29, 0.717) is 11.5 Å². The Labute approximate surface area is 125 Å². The van der Waals surface area contributed by atoms with Gasteiger partial charge in [-0.05, 0) is 64.1 Å². The minimum atomic E-state index is -0.0782. The van der Waals surface area contributed by atoms with Crippen molar-refractivity contribution >= 4 is 0 Å². The van der Waals surface area contributed by atoms with Gasteiger partial charge < -0.3 is 15.3 Å². The molecule has 3 heteroatoms. The van der Waals surface area contributed by atoms with Crippen molar-refractivity contribution in [1.82, 2.24) is 10.2 Å². The van der Waals surface area contributed by atoms with Gasteiger partial charge in [0.25, 0.3) is 0 Å². The maximum atomic E-state index is 9.67. The van der Waals surface area contributed by atoms with Gasteiger partial charge in [-0.25, -0.2) is 0 Å². The Hall–Kier alpha value is -0.120. The lowest BCUT2D eigenvalue weighted by Gasteiger charge is -2.42. The number of hydrogen-bond acceptors (Lipinski definition) is 3. The summed E-state index contributed by atoms with van der Waals surface area (Å²) in [4.78, 5) is 2.60. The van der Waals surface area contributed by atoms with Crippen LogP contribution in [0.4, 0.5) is 0 Å². The molecule has 2 N–H and O–H groups in total. The summed E-state index contributed by atoms with van der Waals surface area (Å²) in [6, 6.07) is 0.668. The van der Waals surface area contributed by atoms with Crippen molar-refractivity contribution in [3.05, 3.63) is 0 Å². The lowest BCUT2D eigenvalue weighted by molar-refractivity contribution is 0.0801. The molecular formula is C17H34N2O. The molecule has 1 saturated heterocycles. The molecule has 1 unspecified atom stereocenters. The maximum absolute atomic E-state index is 9.67. The zero-order valence-electron chi connectivity index (χ0n) is 13.7. The molecule has 0 aromatic rings. The fourth-order valence-corrected chi connectivity index (χ4v) is 3.53. The zero-order valence-corrected chi connectivity index (χ0v) is 13.7. The third-order valence-electron chi connectivity index (χ3n) is 5.88. The Balaban J connectivity index is 1.74. The average Bonchev–Trinajstić information content (AvgIpc) is 3.29. The summed E-state index contributed by atoms with van der Waals surface area (Å²) in [6.45, 7) is 10.7.